The van der Waals surface area contributed by atoms with Crippen LogP contribution in [0.15, 0.2) is 42.7 Å². The summed E-state index contributed by atoms with van der Waals surface area (Å²) < 4.78 is 13.9. The van der Waals surface area contributed by atoms with Gasteiger partial charge in [0.25, 0.3) is 0 Å². The van der Waals surface area contributed by atoms with Crippen molar-refractivity contribution in [3.05, 3.63) is 64.7 Å². The second-order valence-electron chi connectivity index (χ2n) is 4.72. The molecule has 2 rings (SSSR count). The Labute approximate surface area is 124 Å². The molecule has 0 radical (unpaired) electrons. The molecule has 0 bridgehead atoms. The molecule has 0 fully saturated rings. The highest BCUT2D eigenvalue weighted by Crippen LogP contribution is 2.21. The summed E-state index contributed by atoms with van der Waals surface area (Å²) in [5.41, 5.74) is 1.70. The van der Waals surface area contributed by atoms with Gasteiger partial charge in [-0.15, -0.1) is 0 Å². The standard InChI is InChI=1S/C16H18ClFN2/c1-2-20-13(9-12-5-4-8-19-11-12)10-14-15(17)6-3-7-16(14)18/h3-8,11,13,20H,2,9-10H2,1H3. The van der Waals surface area contributed by atoms with Gasteiger partial charge in [-0.25, -0.2) is 4.39 Å². The van der Waals surface area contributed by atoms with Crippen molar-refractivity contribution in [1.29, 1.82) is 0 Å². The van der Waals surface area contributed by atoms with Crippen molar-refractivity contribution < 1.29 is 4.39 Å². The largest absolute Gasteiger partial charge is 0.314 e. The number of pyridine rings is 1. The van der Waals surface area contributed by atoms with Gasteiger partial charge < -0.3 is 5.32 Å². The Bertz CT molecular complexity index is 525. The second-order valence-corrected chi connectivity index (χ2v) is 5.13. The maximum absolute atomic E-state index is 13.9. The summed E-state index contributed by atoms with van der Waals surface area (Å²) in [5, 5.41) is 3.87. The zero-order chi connectivity index (χ0) is 14.4. The first-order valence-electron chi connectivity index (χ1n) is 6.76. The molecule has 2 nitrogen and oxygen atoms in total. The average Bonchev–Trinajstić information content (AvgIpc) is 2.44. The molecule has 1 N–H and O–H groups in total. The summed E-state index contributed by atoms with van der Waals surface area (Å²) >= 11 is 6.10. The number of nitrogens with zero attached hydrogens (tertiary/aromatic N) is 1. The monoisotopic (exact) mass is 292 g/mol. The van der Waals surface area contributed by atoms with E-state index in [2.05, 4.69) is 10.3 Å². The Morgan fingerprint density at radius 3 is 2.75 bits per heavy atom. The molecule has 1 atom stereocenters. The Balaban J connectivity index is 2.13. The maximum Gasteiger partial charge on any atom is 0.127 e. The number of hydrogen-bond donors (Lipinski definition) is 1. The first-order chi connectivity index (χ1) is 9.70. The van der Waals surface area contributed by atoms with Crippen LogP contribution in [0.1, 0.15) is 18.1 Å². The normalized spacial score (nSPS) is 12.3. The number of benzene rings is 1. The van der Waals surface area contributed by atoms with Crippen molar-refractivity contribution >= 4 is 11.6 Å². The van der Waals surface area contributed by atoms with Gasteiger partial charge in [-0.2, -0.15) is 0 Å². The van der Waals surface area contributed by atoms with Gasteiger partial charge in [-0.05, 0) is 43.1 Å². The van der Waals surface area contributed by atoms with E-state index in [1.807, 2.05) is 25.3 Å². The maximum atomic E-state index is 13.9. The highest BCUT2D eigenvalue weighted by molar-refractivity contribution is 6.31. The predicted molar refractivity (Wildman–Crippen MR) is 80.5 cm³/mol. The third kappa shape index (κ3) is 4.02. The second kappa shape index (κ2) is 7.36. The third-order valence-electron chi connectivity index (χ3n) is 3.21. The minimum atomic E-state index is -0.244. The van der Waals surface area contributed by atoms with Gasteiger partial charge in [-0.3, -0.25) is 4.98 Å². The zero-order valence-corrected chi connectivity index (χ0v) is 12.2. The van der Waals surface area contributed by atoms with Crippen LogP contribution < -0.4 is 5.32 Å². The molecular formula is C16H18ClFN2. The van der Waals surface area contributed by atoms with Gasteiger partial charge in [-0.1, -0.05) is 30.7 Å². The number of likely N-dealkylation sites (N-methyl/N-ethyl adjacent to an activating group) is 1. The lowest BCUT2D eigenvalue weighted by Crippen LogP contribution is -2.33. The van der Waals surface area contributed by atoms with Gasteiger partial charge in [0, 0.05) is 29.0 Å². The highest BCUT2D eigenvalue weighted by atomic mass is 35.5. The van der Waals surface area contributed by atoms with E-state index >= 15 is 0 Å². The highest BCUT2D eigenvalue weighted by Gasteiger charge is 2.14. The van der Waals surface area contributed by atoms with E-state index in [0.29, 0.717) is 17.0 Å². The smallest absolute Gasteiger partial charge is 0.127 e. The van der Waals surface area contributed by atoms with Crippen LogP contribution in [0.4, 0.5) is 4.39 Å². The van der Waals surface area contributed by atoms with Gasteiger partial charge in [0.1, 0.15) is 5.82 Å². The van der Waals surface area contributed by atoms with E-state index in [-0.39, 0.29) is 11.9 Å². The molecule has 0 aliphatic heterocycles. The number of aromatic nitrogens is 1. The molecule has 20 heavy (non-hydrogen) atoms. The van der Waals surface area contributed by atoms with Crippen molar-refractivity contribution in [2.45, 2.75) is 25.8 Å². The van der Waals surface area contributed by atoms with Crippen molar-refractivity contribution in [2.75, 3.05) is 6.54 Å². The van der Waals surface area contributed by atoms with Gasteiger partial charge in [0.2, 0.25) is 0 Å². The topological polar surface area (TPSA) is 24.9 Å². The fourth-order valence-corrected chi connectivity index (χ4v) is 2.52. The minimum absolute atomic E-state index is 0.138. The summed E-state index contributed by atoms with van der Waals surface area (Å²) in [7, 11) is 0. The molecule has 0 aliphatic carbocycles. The number of hydrogen-bond acceptors (Lipinski definition) is 2. The van der Waals surface area contributed by atoms with E-state index in [0.717, 1.165) is 18.5 Å². The van der Waals surface area contributed by atoms with Gasteiger partial charge >= 0.3 is 0 Å². The molecule has 0 saturated heterocycles. The SMILES string of the molecule is CCNC(Cc1cccnc1)Cc1c(F)cccc1Cl. The summed E-state index contributed by atoms with van der Waals surface area (Å²) in [4.78, 5) is 4.11. The van der Waals surface area contributed by atoms with E-state index in [1.54, 1.807) is 18.3 Å². The summed E-state index contributed by atoms with van der Waals surface area (Å²) in [6, 6.07) is 8.89. The van der Waals surface area contributed by atoms with Gasteiger partial charge in [0.15, 0.2) is 0 Å². The third-order valence-corrected chi connectivity index (χ3v) is 3.56. The lowest BCUT2D eigenvalue weighted by molar-refractivity contribution is 0.505. The van der Waals surface area contributed by atoms with Crippen molar-refractivity contribution in [3.8, 4) is 0 Å². The lowest BCUT2D eigenvalue weighted by Gasteiger charge is -2.19. The van der Waals surface area contributed by atoms with E-state index in [4.69, 9.17) is 11.6 Å². The van der Waals surface area contributed by atoms with Crippen LogP contribution in [0, 0.1) is 5.82 Å². The van der Waals surface area contributed by atoms with Crippen LogP contribution in [0.3, 0.4) is 0 Å². The predicted octanol–water partition coefficient (Wildman–Crippen LogP) is 3.64. The fourth-order valence-electron chi connectivity index (χ4n) is 2.28. The fraction of sp³-hybridized carbons (Fsp3) is 0.312. The summed E-state index contributed by atoms with van der Waals surface area (Å²) in [5.74, 6) is -0.244. The zero-order valence-electron chi connectivity index (χ0n) is 11.4. The van der Waals surface area contributed by atoms with Crippen molar-refractivity contribution in [3.63, 3.8) is 0 Å². The summed E-state index contributed by atoms with van der Waals surface area (Å²) in [6.07, 6.45) is 4.95. The number of rotatable bonds is 6. The van der Waals surface area contributed by atoms with E-state index in [9.17, 15) is 4.39 Å². The molecule has 1 aromatic carbocycles. The molecule has 2 aromatic rings. The Morgan fingerprint density at radius 1 is 1.25 bits per heavy atom. The Morgan fingerprint density at radius 2 is 2.10 bits per heavy atom. The van der Waals surface area contributed by atoms with Crippen LogP contribution in [0.5, 0.6) is 0 Å². The van der Waals surface area contributed by atoms with Crippen LogP contribution >= 0.6 is 11.6 Å². The minimum Gasteiger partial charge on any atom is -0.314 e. The molecule has 0 spiro atoms. The lowest BCUT2D eigenvalue weighted by atomic mass is 9.99. The molecule has 1 aromatic heterocycles. The van der Waals surface area contributed by atoms with Gasteiger partial charge in [0.05, 0.1) is 0 Å². The summed E-state index contributed by atoms with van der Waals surface area (Å²) in [6.45, 7) is 2.87. The average molecular weight is 293 g/mol. The molecule has 1 heterocycles. The van der Waals surface area contributed by atoms with Crippen LogP contribution in [0.25, 0.3) is 0 Å². The number of nitrogens with one attached hydrogen (secondary N) is 1. The van der Waals surface area contributed by atoms with Crippen LogP contribution in [0.2, 0.25) is 5.02 Å². The van der Waals surface area contributed by atoms with Crippen molar-refractivity contribution in [1.82, 2.24) is 10.3 Å². The molecule has 1 unspecified atom stereocenters. The number of halogens is 2. The van der Waals surface area contributed by atoms with E-state index < -0.39 is 0 Å². The Hall–Kier alpha value is -1.45. The molecule has 4 heteroatoms. The van der Waals surface area contributed by atoms with Crippen LogP contribution in [-0.4, -0.2) is 17.6 Å². The molecule has 106 valence electrons. The molecular weight excluding hydrogens is 275 g/mol. The Kier molecular flexibility index (Phi) is 5.50. The first kappa shape index (κ1) is 14.9. The molecule has 0 aliphatic rings. The first-order valence-corrected chi connectivity index (χ1v) is 7.13. The molecule has 0 amide bonds. The van der Waals surface area contributed by atoms with E-state index in [1.165, 1.54) is 6.07 Å². The van der Waals surface area contributed by atoms with Crippen LogP contribution in [-0.2, 0) is 12.8 Å². The quantitative estimate of drug-likeness (QED) is 0.879. The molecule has 0 saturated carbocycles. The van der Waals surface area contributed by atoms with Crippen molar-refractivity contribution in [2.24, 2.45) is 0 Å².